The molecule has 1 amide bonds. The summed E-state index contributed by atoms with van der Waals surface area (Å²) in [4.78, 5) is 28.5. The van der Waals surface area contributed by atoms with Gasteiger partial charge >= 0.3 is 0 Å². The van der Waals surface area contributed by atoms with Gasteiger partial charge in [0.15, 0.2) is 23.3 Å². The molecule has 2 bridgehead atoms. The highest BCUT2D eigenvalue weighted by atomic mass is 16.5. The quantitative estimate of drug-likeness (QED) is 0.588. The third-order valence-electron chi connectivity index (χ3n) is 5.16. The number of amides is 1. The van der Waals surface area contributed by atoms with Gasteiger partial charge in [-0.25, -0.2) is 0 Å². The van der Waals surface area contributed by atoms with Crippen molar-refractivity contribution in [2.24, 2.45) is 0 Å². The standard InChI is InChI=1S/C16H20N2O5/c1-6-12(19)9-8(14(21)15(6)23-5)10-7(2)17(3)16(22)11(13(9)20)18(10)4/h7,10-11,19,21H,1-5H3/t7-,10-,11-/m0/s1. The number of rotatable bonds is 1. The maximum absolute atomic E-state index is 12.8. The van der Waals surface area contributed by atoms with Crippen LogP contribution in [-0.4, -0.2) is 65.0 Å². The van der Waals surface area contributed by atoms with Crippen LogP contribution in [0.5, 0.6) is 17.2 Å². The molecule has 0 unspecified atom stereocenters. The van der Waals surface area contributed by atoms with E-state index >= 15 is 0 Å². The highest BCUT2D eigenvalue weighted by Crippen LogP contribution is 2.51. The van der Waals surface area contributed by atoms with Gasteiger partial charge in [0.2, 0.25) is 5.91 Å². The van der Waals surface area contributed by atoms with Crippen molar-refractivity contribution < 1.29 is 24.5 Å². The van der Waals surface area contributed by atoms with Gasteiger partial charge in [-0.05, 0) is 20.9 Å². The number of fused-ring (bicyclic) bond motifs is 4. The number of hydrogen-bond acceptors (Lipinski definition) is 6. The van der Waals surface area contributed by atoms with E-state index in [1.165, 1.54) is 12.0 Å². The molecule has 124 valence electrons. The van der Waals surface area contributed by atoms with Gasteiger partial charge in [0.25, 0.3) is 0 Å². The lowest BCUT2D eigenvalue weighted by atomic mass is 9.79. The number of phenolic OH excluding ortho intramolecular Hbond substituents is 2. The number of hydrogen-bond donors (Lipinski definition) is 2. The Labute approximate surface area is 134 Å². The van der Waals surface area contributed by atoms with Crippen molar-refractivity contribution in [1.82, 2.24) is 9.80 Å². The van der Waals surface area contributed by atoms with E-state index < -0.39 is 17.9 Å². The number of carbonyl (C=O) groups excluding carboxylic acids is 2. The molecule has 2 aliphatic rings. The Morgan fingerprint density at radius 3 is 2.30 bits per heavy atom. The summed E-state index contributed by atoms with van der Waals surface area (Å²) in [5, 5.41) is 21.1. The topological polar surface area (TPSA) is 90.3 Å². The van der Waals surface area contributed by atoms with Crippen LogP contribution in [0.1, 0.15) is 34.5 Å². The Kier molecular flexibility index (Phi) is 3.30. The lowest BCUT2D eigenvalue weighted by Gasteiger charge is -2.50. The molecule has 2 N–H and O–H groups in total. The van der Waals surface area contributed by atoms with Crippen LogP contribution in [0.4, 0.5) is 0 Å². The molecule has 2 aliphatic heterocycles. The molecule has 0 aromatic heterocycles. The largest absolute Gasteiger partial charge is 0.507 e. The summed E-state index contributed by atoms with van der Waals surface area (Å²) in [5.41, 5.74) is 0.635. The van der Waals surface area contributed by atoms with Crippen LogP contribution in [0.15, 0.2) is 0 Å². The van der Waals surface area contributed by atoms with Gasteiger partial charge in [-0.15, -0.1) is 0 Å². The first-order chi connectivity index (χ1) is 10.7. The van der Waals surface area contributed by atoms with Gasteiger partial charge in [0.05, 0.1) is 18.7 Å². The summed E-state index contributed by atoms with van der Waals surface area (Å²) in [7, 11) is 4.71. The SMILES string of the molecule is COc1c(C)c(O)c2c(c1O)[C@@H]1[C@H](C)N(C)C(=O)[C@H](C2=O)N1C. The lowest BCUT2D eigenvalue weighted by molar-refractivity contribution is -0.144. The fraction of sp³-hybridized carbons (Fsp3) is 0.500. The lowest BCUT2D eigenvalue weighted by Crippen LogP contribution is -2.64. The molecule has 3 atom stereocenters. The van der Waals surface area contributed by atoms with Crippen LogP contribution in [0.3, 0.4) is 0 Å². The van der Waals surface area contributed by atoms with Crippen molar-refractivity contribution in [3.8, 4) is 17.2 Å². The smallest absolute Gasteiger partial charge is 0.248 e. The second-order valence-electron chi connectivity index (χ2n) is 6.21. The Hall–Kier alpha value is -2.28. The second-order valence-corrected chi connectivity index (χ2v) is 6.21. The van der Waals surface area contributed by atoms with Crippen molar-refractivity contribution in [2.75, 3.05) is 21.2 Å². The molecule has 0 aliphatic carbocycles. The van der Waals surface area contributed by atoms with Crippen LogP contribution in [-0.2, 0) is 4.79 Å². The van der Waals surface area contributed by atoms with E-state index in [1.807, 2.05) is 6.92 Å². The zero-order valence-corrected chi connectivity index (χ0v) is 13.7. The maximum Gasteiger partial charge on any atom is 0.248 e. The summed E-state index contributed by atoms with van der Waals surface area (Å²) in [5.74, 6) is -1.05. The minimum atomic E-state index is -0.980. The number of ether oxygens (including phenoxy) is 1. The third-order valence-corrected chi connectivity index (χ3v) is 5.16. The number of nitrogens with zero attached hydrogens (tertiary/aromatic N) is 2. The van der Waals surface area contributed by atoms with Gasteiger partial charge in [0, 0.05) is 24.2 Å². The molecular formula is C16H20N2O5. The molecule has 0 spiro atoms. The number of Topliss-reactive ketones (excluding diaryl/α,β-unsaturated/α-hetero) is 1. The van der Waals surface area contributed by atoms with Crippen LogP contribution in [0.2, 0.25) is 0 Å². The van der Waals surface area contributed by atoms with Gasteiger partial charge < -0.3 is 19.8 Å². The van der Waals surface area contributed by atoms with Gasteiger partial charge in [0.1, 0.15) is 5.75 Å². The maximum atomic E-state index is 12.8. The number of benzene rings is 1. The number of phenols is 2. The van der Waals surface area contributed by atoms with E-state index in [1.54, 1.807) is 25.9 Å². The van der Waals surface area contributed by atoms with E-state index in [2.05, 4.69) is 0 Å². The number of carbonyl (C=O) groups is 2. The molecule has 7 nitrogen and oxygen atoms in total. The predicted octanol–water partition coefficient (Wildman–Crippen LogP) is 0.813. The fourth-order valence-corrected chi connectivity index (χ4v) is 3.79. The van der Waals surface area contributed by atoms with E-state index in [0.717, 1.165) is 0 Å². The van der Waals surface area contributed by atoms with Gasteiger partial charge in [-0.2, -0.15) is 0 Å². The predicted molar refractivity (Wildman–Crippen MR) is 81.9 cm³/mol. The van der Waals surface area contributed by atoms with Crippen molar-refractivity contribution in [1.29, 1.82) is 0 Å². The minimum Gasteiger partial charge on any atom is -0.507 e. The van der Waals surface area contributed by atoms with E-state index in [0.29, 0.717) is 5.56 Å². The highest BCUT2D eigenvalue weighted by Gasteiger charge is 2.53. The summed E-state index contributed by atoms with van der Waals surface area (Å²) >= 11 is 0. The molecule has 2 heterocycles. The number of methoxy groups -OCH3 is 1. The Morgan fingerprint density at radius 1 is 1.13 bits per heavy atom. The first-order valence-electron chi connectivity index (χ1n) is 7.39. The Morgan fingerprint density at radius 2 is 1.74 bits per heavy atom. The molecule has 7 heteroatoms. The highest BCUT2D eigenvalue weighted by molar-refractivity contribution is 6.17. The van der Waals surface area contributed by atoms with Crippen LogP contribution in [0.25, 0.3) is 0 Å². The van der Waals surface area contributed by atoms with E-state index in [4.69, 9.17) is 4.74 Å². The van der Waals surface area contributed by atoms with Gasteiger partial charge in [-0.1, -0.05) is 0 Å². The zero-order chi connectivity index (χ0) is 17.2. The Bertz CT molecular complexity index is 730. The Balaban J connectivity index is 2.39. The monoisotopic (exact) mass is 320 g/mol. The van der Waals surface area contributed by atoms with Crippen molar-refractivity contribution in [3.05, 3.63) is 16.7 Å². The molecule has 1 saturated heterocycles. The molecule has 3 rings (SSSR count). The van der Waals surface area contributed by atoms with E-state index in [9.17, 15) is 19.8 Å². The normalized spacial score (nSPS) is 27.2. The number of likely N-dealkylation sites (N-methyl/N-ethyl adjacent to an activating group) is 2. The van der Waals surface area contributed by atoms with Crippen LogP contribution >= 0.6 is 0 Å². The molecule has 1 aromatic carbocycles. The summed E-state index contributed by atoms with van der Waals surface area (Å²) in [6.07, 6.45) is 0. The average molecular weight is 320 g/mol. The fourth-order valence-electron chi connectivity index (χ4n) is 3.79. The third kappa shape index (κ3) is 1.74. The molecule has 23 heavy (non-hydrogen) atoms. The molecule has 1 aromatic rings. The molecular weight excluding hydrogens is 300 g/mol. The van der Waals surface area contributed by atoms with Crippen molar-refractivity contribution >= 4 is 11.7 Å². The van der Waals surface area contributed by atoms with Crippen LogP contribution in [0, 0.1) is 6.92 Å². The number of ketones is 1. The summed E-state index contributed by atoms with van der Waals surface area (Å²) in [6, 6.07) is -1.66. The van der Waals surface area contributed by atoms with E-state index in [-0.39, 0.29) is 40.3 Å². The van der Waals surface area contributed by atoms with Gasteiger partial charge in [-0.3, -0.25) is 14.5 Å². The zero-order valence-electron chi connectivity index (χ0n) is 13.7. The number of piperazine rings is 1. The minimum absolute atomic E-state index is 0.0298. The first-order valence-corrected chi connectivity index (χ1v) is 7.39. The average Bonchev–Trinajstić information content (AvgIpc) is 2.50. The molecule has 0 saturated carbocycles. The van der Waals surface area contributed by atoms with Crippen LogP contribution < -0.4 is 4.74 Å². The number of aromatic hydroxyl groups is 2. The first kappa shape index (κ1) is 15.6. The van der Waals surface area contributed by atoms with Crippen molar-refractivity contribution in [3.63, 3.8) is 0 Å². The molecule has 1 fully saturated rings. The second kappa shape index (κ2) is 4.86. The summed E-state index contributed by atoms with van der Waals surface area (Å²) in [6.45, 7) is 3.41. The van der Waals surface area contributed by atoms with Crippen molar-refractivity contribution in [2.45, 2.75) is 32.0 Å². The summed E-state index contributed by atoms with van der Waals surface area (Å²) < 4.78 is 5.19. The molecule has 0 radical (unpaired) electrons.